The minimum atomic E-state index is -3.90. The Labute approximate surface area is 154 Å². The summed E-state index contributed by atoms with van der Waals surface area (Å²) >= 11 is 0. The first-order valence-electron chi connectivity index (χ1n) is 5.64. The molecule has 0 saturated carbocycles. The molecule has 0 aromatic heterocycles. The maximum Gasteiger partial charge on any atom is 4.00 e. The molecule has 1 aliphatic rings. The number of allylic oxidation sites excluding steroid dienone is 4. The van der Waals surface area contributed by atoms with E-state index >= 15 is 0 Å². The van der Waals surface area contributed by atoms with Gasteiger partial charge in [0.2, 0.25) is 0 Å². The summed E-state index contributed by atoms with van der Waals surface area (Å²) in [7, 11) is -3.90. The van der Waals surface area contributed by atoms with Crippen LogP contribution in [0.25, 0.3) is 0 Å². The zero-order valence-corrected chi connectivity index (χ0v) is 17.8. The van der Waals surface area contributed by atoms with Crippen LogP contribution in [0.4, 0.5) is 0 Å². The van der Waals surface area contributed by atoms with Gasteiger partial charge in [0.1, 0.15) is 0 Å². The van der Waals surface area contributed by atoms with Crippen LogP contribution in [0.3, 0.4) is 0 Å². The summed E-state index contributed by atoms with van der Waals surface area (Å²) in [6.45, 7) is 5.20. The first-order valence-corrected chi connectivity index (χ1v) is 7.36. The molecule has 0 bridgehead atoms. The predicted octanol–water partition coefficient (Wildman–Crippen LogP) is 2.58. The minimum Gasteiger partial charge on any atom is -0.464 e. The summed E-state index contributed by atoms with van der Waals surface area (Å²) in [6, 6.07) is 0. The topological polar surface area (TPSA) is 78.9 Å². The largest absolute Gasteiger partial charge is 4.00 e. The second-order valence-electron chi connectivity index (χ2n) is 3.96. The summed E-state index contributed by atoms with van der Waals surface area (Å²) < 4.78 is 15.3. The van der Waals surface area contributed by atoms with E-state index in [0.29, 0.717) is 17.2 Å². The van der Waals surface area contributed by atoms with Crippen LogP contribution in [0, 0.1) is 28.4 Å². The van der Waals surface area contributed by atoms with Crippen molar-refractivity contribution < 1.29 is 48.7 Å². The molecule has 0 aliphatic heterocycles. The number of hydrogen-bond acceptors (Lipinski definition) is 6. The molecule has 0 spiro atoms. The Morgan fingerprint density at radius 3 is 1.52 bits per heavy atom. The van der Waals surface area contributed by atoms with Gasteiger partial charge >= 0.3 is 29.9 Å². The number of rotatable bonds is 4. The molecule has 0 fully saturated rings. The molecule has 0 N–H and O–H groups in total. The van der Waals surface area contributed by atoms with Crippen molar-refractivity contribution in [3.05, 3.63) is 45.2 Å². The summed E-state index contributed by atoms with van der Waals surface area (Å²) in [5, 5.41) is 0.424. The van der Waals surface area contributed by atoms with Gasteiger partial charge in [0.15, 0.2) is 0 Å². The molecule has 0 amide bonds. The fourth-order valence-electron chi connectivity index (χ4n) is 1.70. The Morgan fingerprint density at radius 2 is 1.30 bits per heavy atom. The third-order valence-corrected chi connectivity index (χ3v) is 5.15. The first kappa shape index (κ1) is 29.8. The first-order chi connectivity index (χ1) is 8.77. The van der Waals surface area contributed by atoms with Gasteiger partial charge in [-0.3, -0.25) is 20.5 Å². The van der Waals surface area contributed by atoms with Crippen LogP contribution in [0.2, 0.25) is 0 Å². The van der Waals surface area contributed by atoms with E-state index in [9.17, 15) is 14.4 Å². The summed E-state index contributed by atoms with van der Waals surface area (Å²) in [5.74, 6) is -2.06. The maximum absolute atomic E-state index is 11.3. The molecule has 23 heavy (non-hydrogen) atoms. The van der Waals surface area contributed by atoms with Crippen molar-refractivity contribution in [2.45, 2.75) is 34.1 Å². The molecular formula is C15H24O6PtSi. The van der Waals surface area contributed by atoms with Crippen molar-refractivity contribution in [3.8, 4) is 0 Å². The van der Waals surface area contributed by atoms with E-state index in [1.54, 1.807) is 13.0 Å². The molecule has 0 radical (unpaired) electrons. The van der Waals surface area contributed by atoms with Crippen LogP contribution in [-0.4, -0.2) is 26.7 Å². The molecule has 0 aromatic carbocycles. The molecule has 0 unspecified atom stereocenters. The van der Waals surface area contributed by atoms with Gasteiger partial charge in [0, 0.05) is 20.8 Å². The van der Waals surface area contributed by atoms with E-state index in [4.69, 9.17) is 13.3 Å². The van der Waals surface area contributed by atoms with Crippen molar-refractivity contribution in [3.63, 3.8) is 0 Å². The van der Waals surface area contributed by atoms with Gasteiger partial charge in [-0.1, -0.05) is 12.1 Å². The number of carbonyl (C=O) groups excluding carboxylic acids is 3. The Kier molecular flexibility index (Phi) is 15.8. The second-order valence-corrected chi connectivity index (χ2v) is 6.22. The summed E-state index contributed by atoms with van der Waals surface area (Å²) in [6.07, 6.45) is 5.14. The van der Waals surface area contributed by atoms with Crippen LogP contribution in [-0.2, 0) is 48.7 Å². The molecular weight excluding hydrogens is 499 g/mol. The molecule has 6 nitrogen and oxygen atoms in total. The van der Waals surface area contributed by atoms with E-state index < -0.39 is 26.7 Å². The normalized spacial score (nSPS) is 11.8. The van der Waals surface area contributed by atoms with Crippen molar-refractivity contribution in [2.24, 2.45) is 0 Å². The van der Waals surface area contributed by atoms with Crippen molar-refractivity contribution in [1.29, 1.82) is 0 Å². The van der Waals surface area contributed by atoms with E-state index in [-0.39, 0.29) is 43.3 Å². The van der Waals surface area contributed by atoms with Crippen molar-refractivity contribution in [2.75, 3.05) is 0 Å². The smallest absolute Gasteiger partial charge is 0.464 e. The molecule has 0 saturated heterocycles. The van der Waals surface area contributed by atoms with Gasteiger partial charge in [-0.25, -0.2) is 5.57 Å². The van der Waals surface area contributed by atoms with Crippen molar-refractivity contribution >= 4 is 26.7 Å². The van der Waals surface area contributed by atoms with Crippen LogP contribution >= 0.6 is 0 Å². The Hall–Kier alpha value is -1.20. The van der Waals surface area contributed by atoms with Crippen LogP contribution in [0.15, 0.2) is 16.8 Å². The molecule has 134 valence electrons. The predicted molar refractivity (Wildman–Crippen MR) is 85.4 cm³/mol. The number of carbonyl (C=O) groups is 3. The Balaban J connectivity index is -0.000000451. The fourth-order valence-corrected chi connectivity index (χ4v) is 4.19. The van der Waals surface area contributed by atoms with Gasteiger partial charge in [-0.15, -0.1) is 6.42 Å². The Morgan fingerprint density at radius 1 is 0.957 bits per heavy atom. The molecule has 1 rings (SSSR count). The van der Waals surface area contributed by atoms with Gasteiger partial charge in [-0.05, 0) is 0 Å². The van der Waals surface area contributed by atoms with Gasteiger partial charge in [0.05, 0.1) is 0 Å². The standard InChI is InChI=1S/C12H15O6Si.3CH3.Pt/c1-8-6-5-7-12(8)19(16-9(2)13,17-10(3)14)18-11(4)15;;;;/h7H,5H2,1-4H3;3*1H3;/q4*-1;+4. The third kappa shape index (κ3) is 8.27. The molecule has 0 heterocycles. The van der Waals surface area contributed by atoms with E-state index in [2.05, 4.69) is 6.08 Å². The molecule has 8 heteroatoms. The van der Waals surface area contributed by atoms with E-state index in [0.717, 1.165) is 20.8 Å². The summed E-state index contributed by atoms with van der Waals surface area (Å²) in [5.41, 5.74) is 0.649. The van der Waals surface area contributed by atoms with Crippen LogP contribution in [0.5, 0.6) is 0 Å². The molecule has 0 aromatic rings. The number of hydrogen-bond donors (Lipinski definition) is 0. The monoisotopic (exact) mass is 523 g/mol. The Bertz CT molecular complexity index is 444. The van der Waals surface area contributed by atoms with Gasteiger partial charge in [0.25, 0.3) is 17.9 Å². The maximum atomic E-state index is 11.3. The average molecular weight is 524 g/mol. The van der Waals surface area contributed by atoms with Crippen LogP contribution < -0.4 is 0 Å². The van der Waals surface area contributed by atoms with Gasteiger partial charge in [-0.2, -0.15) is 6.08 Å². The SMILES string of the molecule is CC(=O)O[Si](OC(C)=O)(OC(C)=O)C1=CC[C-]=C1C.[CH3-].[CH3-].[CH3-].[Pt+4]. The van der Waals surface area contributed by atoms with Gasteiger partial charge < -0.3 is 35.6 Å². The van der Waals surface area contributed by atoms with E-state index in [1.807, 2.05) is 0 Å². The molecule has 0 atom stereocenters. The van der Waals surface area contributed by atoms with Crippen LogP contribution in [0.1, 0.15) is 34.1 Å². The fraction of sp³-hybridized carbons (Fsp3) is 0.333. The quantitative estimate of drug-likeness (QED) is 0.417. The van der Waals surface area contributed by atoms with E-state index in [1.165, 1.54) is 0 Å². The second kappa shape index (κ2) is 12.2. The minimum absolute atomic E-state index is 0. The third-order valence-electron chi connectivity index (χ3n) is 2.24. The summed E-state index contributed by atoms with van der Waals surface area (Å²) in [4.78, 5) is 33.8. The zero-order chi connectivity index (χ0) is 14.6. The zero-order valence-electron chi connectivity index (χ0n) is 14.6. The molecule has 1 aliphatic carbocycles. The van der Waals surface area contributed by atoms with Crippen molar-refractivity contribution in [1.82, 2.24) is 0 Å². The average Bonchev–Trinajstić information content (AvgIpc) is 2.61.